The quantitative estimate of drug-likeness (QED) is 0.531. The molecule has 2 aromatic rings. The topological polar surface area (TPSA) is 115 Å². The molecule has 0 aliphatic carbocycles. The second-order valence-electron chi connectivity index (χ2n) is 6.81. The van der Waals surface area contributed by atoms with Crippen LogP contribution in [0.25, 0.3) is 11.1 Å². The van der Waals surface area contributed by atoms with Crippen LogP contribution in [0.15, 0.2) is 22.6 Å². The molecule has 8 nitrogen and oxygen atoms in total. The minimum atomic E-state index is -0.133. The highest BCUT2D eigenvalue weighted by atomic mass is 16.3. The Bertz CT molecular complexity index is 874. The third-order valence-electron chi connectivity index (χ3n) is 4.99. The number of hydrogen-bond acceptors (Lipinski definition) is 7. The molecule has 2 aromatic heterocycles. The van der Waals surface area contributed by atoms with Gasteiger partial charge in [0.1, 0.15) is 17.9 Å². The minimum Gasteiger partial charge on any atom is -0.512 e. The van der Waals surface area contributed by atoms with Crippen LogP contribution in [0.3, 0.4) is 0 Å². The molecule has 3 heterocycles. The Morgan fingerprint density at radius 3 is 3.07 bits per heavy atom. The van der Waals surface area contributed by atoms with E-state index in [1.165, 1.54) is 12.4 Å². The van der Waals surface area contributed by atoms with E-state index in [1.54, 1.807) is 0 Å². The van der Waals surface area contributed by atoms with Crippen LogP contribution in [0.4, 0.5) is 5.82 Å². The fraction of sp³-hybridized carbons (Fsp3) is 0.474. The number of carbonyl (C=O) groups excluding carboxylic acids is 1. The molecule has 1 aliphatic heterocycles. The fourth-order valence-electron chi connectivity index (χ4n) is 3.42. The molecule has 1 amide bonds. The predicted molar refractivity (Wildman–Crippen MR) is 103 cm³/mol. The van der Waals surface area contributed by atoms with E-state index in [4.69, 9.17) is 9.83 Å². The summed E-state index contributed by atoms with van der Waals surface area (Å²) >= 11 is 0. The molecule has 1 saturated heterocycles. The average Bonchev–Trinajstić information content (AvgIpc) is 2.96. The van der Waals surface area contributed by atoms with Gasteiger partial charge in [-0.15, -0.1) is 0 Å². The number of aryl methyl sites for hydroxylation is 2. The summed E-state index contributed by atoms with van der Waals surface area (Å²) in [5.74, 6) is 1.58. The summed E-state index contributed by atoms with van der Waals surface area (Å²) in [5.41, 5.74) is 1.61. The highest BCUT2D eigenvalue weighted by Gasteiger charge is 2.28. The van der Waals surface area contributed by atoms with Crippen molar-refractivity contribution in [2.24, 2.45) is 5.92 Å². The largest absolute Gasteiger partial charge is 0.512 e. The number of fused-ring (bicyclic) bond motifs is 1. The smallest absolute Gasteiger partial charge is 0.231 e. The molecule has 27 heavy (non-hydrogen) atoms. The van der Waals surface area contributed by atoms with Crippen molar-refractivity contribution in [1.29, 1.82) is 5.41 Å². The van der Waals surface area contributed by atoms with E-state index in [9.17, 15) is 9.90 Å². The van der Waals surface area contributed by atoms with E-state index < -0.39 is 0 Å². The van der Waals surface area contributed by atoms with Gasteiger partial charge in [-0.1, -0.05) is 0 Å². The monoisotopic (exact) mass is 371 g/mol. The van der Waals surface area contributed by atoms with E-state index in [2.05, 4.69) is 20.2 Å². The predicted octanol–water partition coefficient (Wildman–Crippen LogP) is 2.65. The number of piperidine rings is 1. The number of amides is 1. The van der Waals surface area contributed by atoms with Crippen molar-refractivity contribution in [2.75, 3.05) is 24.5 Å². The molecule has 1 fully saturated rings. The van der Waals surface area contributed by atoms with Crippen molar-refractivity contribution in [3.63, 3.8) is 0 Å². The van der Waals surface area contributed by atoms with Crippen molar-refractivity contribution in [1.82, 2.24) is 15.3 Å². The van der Waals surface area contributed by atoms with Gasteiger partial charge in [0.15, 0.2) is 0 Å². The Morgan fingerprint density at radius 1 is 1.48 bits per heavy atom. The molecule has 1 unspecified atom stereocenters. The Kier molecular flexibility index (Phi) is 5.73. The van der Waals surface area contributed by atoms with E-state index >= 15 is 0 Å². The molecule has 3 N–H and O–H groups in total. The second kappa shape index (κ2) is 8.20. The van der Waals surface area contributed by atoms with Crippen LogP contribution in [0.5, 0.6) is 0 Å². The van der Waals surface area contributed by atoms with Crippen molar-refractivity contribution < 1.29 is 14.3 Å². The zero-order valence-corrected chi connectivity index (χ0v) is 15.7. The van der Waals surface area contributed by atoms with Gasteiger partial charge in [0.25, 0.3) is 0 Å². The first-order chi connectivity index (χ1) is 13.0. The van der Waals surface area contributed by atoms with Gasteiger partial charge in [-0.05, 0) is 32.8 Å². The summed E-state index contributed by atoms with van der Waals surface area (Å²) in [7, 11) is 0. The lowest BCUT2D eigenvalue weighted by atomic mass is 9.96. The molecule has 0 saturated carbocycles. The van der Waals surface area contributed by atoms with Crippen LogP contribution < -0.4 is 10.2 Å². The lowest BCUT2D eigenvalue weighted by molar-refractivity contribution is -0.125. The number of aliphatic hydroxyl groups is 1. The zero-order valence-electron chi connectivity index (χ0n) is 15.7. The molecule has 3 rings (SSSR count). The summed E-state index contributed by atoms with van der Waals surface area (Å²) in [6.45, 7) is 5.68. The lowest BCUT2D eigenvalue weighted by Crippen LogP contribution is -2.43. The molecule has 0 radical (unpaired) electrons. The van der Waals surface area contributed by atoms with Gasteiger partial charge in [0.05, 0.1) is 17.1 Å². The summed E-state index contributed by atoms with van der Waals surface area (Å²) in [4.78, 5) is 23.3. The number of aliphatic hydroxyl groups excluding tert-OH is 1. The highest BCUT2D eigenvalue weighted by Crippen LogP contribution is 2.32. The van der Waals surface area contributed by atoms with E-state index in [0.29, 0.717) is 25.2 Å². The summed E-state index contributed by atoms with van der Waals surface area (Å²) in [5, 5.41) is 20.2. The normalized spacial score (nSPS) is 17.9. The molecule has 0 spiro atoms. The summed E-state index contributed by atoms with van der Waals surface area (Å²) in [6.07, 6.45) is 5.88. The van der Waals surface area contributed by atoms with Gasteiger partial charge >= 0.3 is 0 Å². The van der Waals surface area contributed by atoms with Crippen LogP contribution in [-0.4, -0.2) is 46.8 Å². The van der Waals surface area contributed by atoms with E-state index in [0.717, 1.165) is 48.1 Å². The van der Waals surface area contributed by atoms with Gasteiger partial charge in [-0.2, -0.15) is 0 Å². The summed E-state index contributed by atoms with van der Waals surface area (Å²) in [6, 6.07) is 0. The maximum absolute atomic E-state index is 12.5. The van der Waals surface area contributed by atoms with Crippen LogP contribution in [-0.2, 0) is 4.79 Å². The van der Waals surface area contributed by atoms with Crippen LogP contribution >= 0.6 is 0 Å². The Hall–Kier alpha value is -2.90. The fourth-order valence-corrected chi connectivity index (χ4v) is 3.42. The molecule has 0 aromatic carbocycles. The van der Waals surface area contributed by atoms with Gasteiger partial charge in [0, 0.05) is 37.8 Å². The lowest BCUT2D eigenvalue weighted by Gasteiger charge is -2.33. The van der Waals surface area contributed by atoms with E-state index in [-0.39, 0.29) is 17.6 Å². The average molecular weight is 371 g/mol. The Morgan fingerprint density at radius 2 is 2.30 bits per heavy atom. The third kappa shape index (κ3) is 4.10. The Labute approximate surface area is 157 Å². The maximum atomic E-state index is 12.5. The van der Waals surface area contributed by atoms with Crippen molar-refractivity contribution in [2.45, 2.75) is 33.1 Å². The number of allylic oxidation sites excluding steroid dienone is 1. The number of nitrogens with zero attached hydrogens (tertiary/aromatic N) is 3. The number of carbonyl (C=O) groups is 1. The first-order valence-corrected chi connectivity index (χ1v) is 9.13. The molecular formula is C19H25N5O3. The van der Waals surface area contributed by atoms with Gasteiger partial charge < -0.3 is 25.1 Å². The molecule has 0 bridgehead atoms. The van der Waals surface area contributed by atoms with Gasteiger partial charge in [-0.3, -0.25) is 4.79 Å². The molecule has 8 heteroatoms. The van der Waals surface area contributed by atoms with Crippen molar-refractivity contribution in [3.05, 3.63) is 29.5 Å². The minimum absolute atomic E-state index is 0.0206. The number of furan rings is 1. The third-order valence-corrected chi connectivity index (χ3v) is 4.99. The maximum Gasteiger partial charge on any atom is 0.231 e. The first-order valence-electron chi connectivity index (χ1n) is 9.13. The number of rotatable bonds is 6. The van der Waals surface area contributed by atoms with Crippen molar-refractivity contribution >= 4 is 29.0 Å². The van der Waals surface area contributed by atoms with Crippen LogP contribution in [0.2, 0.25) is 0 Å². The van der Waals surface area contributed by atoms with Gasteiger partial charge in [0.2, 0.25) is 11.6 Å². The number of nitrogens with one attached hydrogen (secondary N) is 2. The van der Waals surface area contributed by atoms with E-state index in [1.807, 2.05) is 13.8 Å². The highest BCUT2D eigenvalue weighted by molar-refractivity contribution is 5.90. The number of hydrogen-bond donors (Lipinski definition) is 3. The summed E-state index contributed by atoms with van der Waals surface area (Å²) < 4.78 is 5.70. The van der Waals surface area contributed by atoms with Crippen LogP contribution in [0.1, 0.15) is 30.6 Å². The SMILES string of the molecule is Cc1oc2ncnc(N3CCCC(C(=O)NCC/C(O)=C/C=N)C3)c2c1C. The van der Waals surface area contributed by atoms with Crippen molar-refractivity contribution in [3.8, 4) is 0 Å². The first kappa shape index (κ1) is 18.9. The molecule has 1 atom stereocenters. The Balaban J connectivity index is 1.69. The molecular weight excluding hydrogens is 346 g/mol. The number of aromatic nitrogens is 2. The molecule has 1 aliphatic rings. The van der Waals surface area contributed by atoms with Gasteiger partial charge in [-0.25, -0.2) is 9.97 Å². The number of anilines is 1. The second-order valence-corrected chi connectivity index (χ2v) is 6.81. The standard InChI is InChI=1S/C19H25N5O3/c1-12-13(2)27-19-16(12)17(22-11-23-19)24-9-3-4-14(10-24)18(26)21-8-6-15(25)5-7-20/h5,7,11,14,20,25H,3-4,6,8-10H2,1-2H3,(H,21,26)/b15-5-,20-7?. The van der Waals surface area contributed by atoms with Crippen LogP contribution in [0, 0.1) is 25.2 Å². The zero-order chi connectivity index (χ0) is 19.4. The molecule has 144 valence electrons.